The van der Waals surface area contributed by atoms with E-state index in [4.69, 9.17) is 9.47 Å². The molecule has 3 nitrogen and oxygen atoms in total. The van der Waals surface area contributed by atoms with Crippen LogP contribution in [0.4, 0.5) is 4.39 Å². The Kier molecular flexibility index (Phi) is 5.10. The van der Waals surface area contributed by atoms with Crippen molar-refractivity contribution in [2.45, 2.75) is 25.9 Å². The van der Waals surface area contributed by atoms with Crippen molar-refractivity contribution in [3.63, 3.8) is 0 Å². The molecule has 0 amide bonds. The fourth-order valence-corrected chi connectivity index (χ4v) is 1.91. The molecule has 4 heteroatoms. The molecule has 17 heavy (non-hydrogen) atoms. The predicted octanol–water partition coefficient (Wildman–Crippen LogP) is 2.67. The van der Waals surface area contributed by atoms with Gasteiger partial charge in [-0.25, -0.2) is 4.39 Å². The summed E-state index contributed by atoms with van der Waals surface area (Å²) in [6, 6.07) is 2.75. The quantitative estimate of drug-likeness (QED) is 0.717. The minimum Gasteiger partial charge on any atom is -0.496 e. The smallest absolute Gasteiger partial charge is 0.127 e. The molecular formula is C13H17FO3. The van der Waals surface area contributed by atoms with Crippen LogP contribution in [0.1, 0.15) is 30.4 Å². The summed E-state index contributed by atoms with van der Waals surface area (Å²) in [5.74, 6) is 0.0792. The standard InChI is InChI=1S/C13H17FO3/c1-9(4-5-15)13-10(8-16-2)6-11(14)7-12(13)17-3/h5-7,9H,4,8H2,1-3H3. The van der Waals surface area contributed by atoms with Crippen LogP contribution in [0.25, 0.3) is 0 Å². The molecule has 0 radical (unpaired) electrons. The average molecular weight is 240 g/mol. The summed E-state index contributed by atoms with van der Waals surface area (Å²) in [6.07, 6.45) is 1.22. The van der Waals surface area contributed by atoms with E-state index in [1.165, 1.54) is 19.2 Å². The second-order valence-corrected chi connectivity index (χ2v) is 3.92. The summed E-state index contributed by atoms with van der Waals surface area (Å²) in [5, 5.41) is 0. The maximum atomic E-state index is 13.4. The van der Waals surface area contributed by atoms with E-state index >= 15 is 0 Å². The van der Waals surface area contributed by atoms with Crippen LogP contribution in [-0.4, -0.2) is 20.5 Å². The normalized spacial score (nSPS) is 12.2. The number of ether oxygens (including phenoxy) is 2. The molecule has 1 aromatic rings. The minimum absolute atomic E-state index is 0.0202. The Balaban J connectivity index is 3.24. The fourth-order valence-electron chi connectivity index (χ4n) is 1.91. The van der Waals surface area contributed by atoms with Gasteiger partial charge in [-0.2, -0.15) is 0 Å². The van der Waals surface area contributed by atoms with E-state index in [1.807, 2.05) is 6.92 Å². The second kappa shape index (κ2) is 6.35. The number of carbonyl (C=O) groups excluding carboxylic acids is 1. The molecule has 0 fully saturated rings. The zero-order chi connectivity index (χ0) is 12.8. The molecular weight excluding hydrogens is 223 g/mol. The highest BCUT2D eigenvalue weighted by molar-refractivity contribution is 5.54. The van der Waals surface area contributed by atoms with Crippen molar-refractivity contribution in [2.75, 3.05) is 14.2 Å². The lowest BCUT2D eigenvalue weighted by atomic mass is 9.92. The Labute approximate surface area is 101 Å². The van der Waals surface area contributed by atoms with Crippen LogP contribution in [0.15, 0.2) is 12.1 Å². The number of rotatable bonds is 6. The Hall–Kier alpha value is -1.42. The Morgan fingerprint density at radius 3 is 2.65 bits per heavy atom. The maximum Gasteiger partial charge on any atom is 0.127 e. The van der Waals surface area contributed by atoms with Gasteiger partial charge in [-0.3, -0.25) is 0 Å². The van der Waals surface area contributed by atoms with Crippen LogP contribution in [0.5, 0.6) is 5.75 Å². The first-order valence-electron chi connectivity index (χ1n) is 5.42. The largest absolute Gasteiger partial charge is 0.496 e. The highest BCUT2D eigenvalue weighted by atomic mass is 19.1. The van der Waals surface area contributed by atoms with Gasteiger partial charge in [0.25, 0.3) is 0 Å². The number of carbonyl (C=O) groups is 1. The lowest BCUT2D eigenvalue weighted by Gasteiger charge is -2.18. The van der Waals surface area contributed by atoms with Gasteiger partial charge in [-0.05, 0) is 17.5 Å². The highest BCUT2D eigenvalue weighted by Crippen LogP contribution is 2.33. The second-order valence-electron chi connectivity index (χ2n) is 3.92. The highest BCUT2D eigenvalue weighted by Gasteiger charge is 2.17. The van der Waals surface area contributed by atoms with Crippen LogP contribution in [0, 0.1) is 5.82 Å². The van der Waals surface area contributed by atoms with Gasteiger partial charge >= 0.3 is 0 Å². The first-order chi connectivity index (χ1) is 8.13. The van der Waals surface area contributed by atoms with Gasteiger partial charge in [0.05, 0.1) is 13.7 Å². The zero-order valence-corrected chi connectivity index (χ0v) is 10.3. The number of benzene rings is 1. The van der Waals surface area contributed by atoms with E-state index in [-0.39, 0.29) is 11.7 Å². The van der Waals surface area contributed by atoms with Crippen molar-refractivity contribution in [1.82, 2.24) is 0 Å². The lowest BCUT2D eigenvalue weighted by molar-refractivity contribution is -0.108. The number of aldehydes is 1. The minimum atomic E-state index is -0.365. The molecule has 1 unspecified atom stereocenters. The van der Waals surface area contributed by atoms with Crippen LogP contribution in [0.2, 0.25) is 0 Å². The van der Waals surface area contributed by atoms with E-state index in [9.17, 15) is 9.18 Å². The summed E-state index contributed by atoms with van der Waals surface area (Å²) in [7, 11) is 3.04. The maximum absolute atomic E-state index is 13.4. The van der Waals surface area contributed by atoms with Crippen molar-refractivity contribution >= 4 is 6.29 Å². The van der Waals surface area contributed by atoms with Crippen LogP contribution < -0.4 is 4.74 Å². The van der Waals surface area contributed by atoms with Gasteiger partial charge in [-0.15, -0.1) is 0 Å². The fraction of sp³-hybridized carbons (Fsp3) is 0.462. The SMILES string of the molecule is COCc1cc(F)cc(OC)c1C(C)CC=O. The Bertz CT molecular complexity index is 390. The molecule has 0 aliphatic rings. The third kappa shape index (κ3) is 3.27. The van der Waals surface area contributed by atoms with Gasteiger partial charge in [-0.1, -0.05) is 6.92 Å². The van der Waals surface area contributed by atoms with Crippen LogP contribution in [0.3, 0.4) is 0 Å². The third-order valence-electron chi connectivity index (χ3n) is 2.65. The summed E-state index contributed by atoms with van der Waals surface area (Å²) in [6.45, 7) is 2.20. The first-order valence-corrected chi connectivity index (χ1v) is 5.42. The summed E-state index contributed by atoms with van der Waals surface area (Å²) >= 11 is 0. The molecule has 94 valence electrons. The topological polar surface area (TPSA) is 35.5 Å². The molecule has 0 saturated carbocycles. The molecule has 0 N–H and O–H groups in total. The van der Waals surface area contributed by atoms with Crippen molar-refractivity contribution in [1.29, 1.82) is 0 Å². The van der Waals surface area contributed by atoms with Crippen molar-refractivity contribution in [3.8, 4) is 5.75 Å². The first kappa shape index (κ1) is 13.6. The number of methoxy groups -OCH3 is 2. The summed E-state index contributed by atoms with van der Waals surface area (Å²) in [4.78, 5) is 10.6. The average Bonchev–Trinajstić information content (AvgIpc) is 2.28. The lowest BCUT2D eigenvalue weighted by Crippen LogP contribution is -2.05. The van der Waals surface area contributed by atoms with Crippen molar-refractivity contribution in [2.24, 2.45) is 0 Å². The van der Waals surface area contributed by atoms with Crippen LogP contribution >= 0.6 is 0 Å². The molecule has 0 saturated heterocycles. The molecule has 1 atom stereocenters. The zero-order valence-electron chi connectivity index (χ0n) is 10.3. The molecule has 0 aliphatic heterocycles. The van der Waals surface area contributed by atoms with Gasteiger partial charge in [0.15, 0.2) is 0 Å². The van der Waals surface area contributed by atoms with Gasteiger partial charge in [0.1, 0.15) is 17.9 Å². The molecule has 0 aliphatic carbocycles. The van der Waals surface area contributed by atoms with E-state index in [0.29, 0.717) is 18.8 Å². The third-order valence-corrected chi connectivity index (χ3v) is 2.65. The van der Waals surface area contributed by atoms with Crippen molar-refractivity contribution in [3.05, 3.63) is 29.1 Å². The van der Waals surface area contributed by atoms with Gasteiger partial charge in [0.2, 0.25) is 0 Å². The number of hydrogen-bond acceptors (Lipinski definition) is 3. The molecule has 0 bridgehead atoms. The monoisotopic (exact) mass is 240 g/mol. The molecule has 0 aromatic heterocycles. The van der Waals surface area contributed by atoms with E-state index < -0.39 is 0 Å². The summed E-state index contributed by atoms with van der Waals surface area (Å²) in [5.41, 5.74) is 1.56. The van der Waals surface area contributed by atoms with Gasteiger partial charge < -0.3 is 14.3 Å². The predicted molar refractivity (Wildman–Crippen MR) is 62.8 cm³/mol. The Morgan fingerprint density at radius 1 is 1.41 bits per heavy atom. The Morgan fingerprint density at radius 2 is 2.12 bits per heavy atom. The van der Waals surface area contributed by atoms with E-state index in [0.717, 1.165) is 17.4 Å². The van der Waals surface area contributed by atoms with Crippen molar-refractivity contribution < 1.29 is 18.7 Å². The van der Waals surface area contributed by atoms with Gasteiger partial charge in [0, 0.05) is 25.2 Å². The number of halogens is 1. The van der Waals surface area contributed by atoms with E-state index in [2.05, 4.69) is 0 Å². The molecule has 0 spiro atoms. The number of hydrogen-bond donors (Lipinski definition) is 0. The molecule has 0 heterocycles. The summed E-state index contributed by atoms with van der Waals surface area (Å²) < 4.78 is 23.6. The van der Waals surface area contributed by atoms with E-state index in [1.54, 1.807) is 7.11 Å². The molecule has 1 aromatic carbocycles. The molecule has 1 rings (SSSR count). The van der Waals surface area contributed by atoms with Crippen LogP contribution in [-0.2, 0) is 16.1 Å².